The van der Waals surface area contributed by atoms with Crippen LogP contribution in [0.3, 0.4) is 0 Å². The Hall–Kier alpha value is -2.27. The smallest absolute Gasteiger partial charge is 0.281 e. The molecule has 0 radical (unpaired) electrons. The highest BCUT2D eigenvalue weighted by Gasteiger charge is 2.10. The van der Waals surface area contributed by atoms with Crippen LogP contribution in [-0.4, -0.2) is 10.2 Å². The quantitative estimate of drug-likeness (QED) is 0.737. The molecule has 0 amide bonds. The molecule has 0 aliphatic rings. The largest absolute Gasteiger partial charge is 0.411 e. The van der Waals surface area contributed by atoms with Gasteiger partial charge in [0.15, 0.2) is 0 Å². The number of nitrogen functional groups attached to an aromatic ring is 1. The molecule has 0 aliphatic heterocycles. The van der Waals surface area contributed by atoms with E-state index in [0.29, 0.717) is 16.8 Å². The van der Waals surface area contributed by atoms with E-state index in [2.05, 4.69) is 10.2 Å². The molecule has 2 aromatic carbocycles. The fourth-order valence-electron chi connectivity index (χ4n) is 1.62. The van der Waals surface area contributed by atoms with Crippen LogP contribution in [0, 0.1) is 0 Å². The van der Waals surface area contributed by atoms with Gasteiger partial charge in [0.1, 0.15) is 0 Å². The van der Waals surface area contributed by atoms with Crippen LogP contribution < -0.4 is 5.73 Å². The predicted molar refractivity (Wildman–Crippen MR) is 74.7 cm³/mol. The Morgan fingerprint density at radius 2 is 1.63 bits per heavy atom. The normalized spacial score (nSPS) is 10.5. The zero-order valence-electron chi connectivity index (χ0n) is 9.98. The first-order valence-electron chi connectivity index (χ1n) is 5.74. The van der Waals surface area contributed by atoms with Crippen LogP contribution in [0.2, 0.25) is 0 Å². The first-order chi connectivity index (χ1) is 9.33. The molecule has 0 unspecified atom stereocenters. The third kappa shape index (κ3) is 2.61. The summed E-state index contributed by atoms with van der Waals surface area (Å²) in [4.78, 5) is 0.908. The summed E-state index contributed by atoms with van der Waals surface area (Å²) in [5.74, 6) is 0.512. The minimum atomic E-state index is 0.483. The first-order valence-corrected chi connectivity index (χ1v) is 6.56. The van der Waals surface area contributed by atoms with E-state index < -0.39 is 0 Å². The van der Waals surface area contributed by atoms with Crippen molar-refractivity contribution in [3.63, 3.8) is 0 Å². The molecular formula is C14H11N3OS. The summed E-state index contributed by atoms with van der Waals surface area (Å²) < 4.78 is 5.61. The number of nitrogens with two attached hydrogens (primary N) is 1. The SMILES string of the molecule is Nc1ccccc1Sc1nnc(-c2ccccc2)o1. The zero-order chi connectivity index (χ0) is 13.1. The van der Waals surface area contributed by atoms with Crippen molar-refractivity contribution in [2.75, 3.05) is 5.73 Å². The van der Waals surface area contributed by atoms with Gasteiger partial charge in [0, 0.05) is 16.1 Å². The minimum Gasteiger partial charge on any atom is -0.411 e. The molecule has 1 aromatic heterocycles. The molecule has 0 atom stereocenters. The van der Waals surface area contributed by atoms with Gasteiger partial charge in [0.25, 0.3) is 5.22 Å². The Labute approximate surface area is 114 Å². The van der Waals surface area contributed by atoms with Crippen molar-refractivity contribution in [3.05, 3.63) is 54.6 Å². The van der Waals surface area contributed by atoms with Crippen LogP contribution in [0.15, 0.2) is 69.1 Å². The molecule has 1 heterocycles. The van der Waals surface area contributed by atoms with Crippen LogP contribution in [0.25, 0.3) is 11.5 Å². The molecule has 0 saturated heterocycles. The fourth-order valence-corrected chi connectivity index (χ4v) is 2.34. The van der Waals surface area contributed by atoms with Crippen LogP contribution in [0.5, 0.6) is 0 Å². The van der Waals surface area contributed by atoms with Gasteiger partial charge < -0.3 is 10.2 Å². The first kappa shape index (κ1) is 11.8. The molecule has 2 N–H and O–H groups in total. The average Bonchev–Trinajstić information content (AvgIpc) is 2.91. The summed E-state index contributed by atoms with van der Waals surface area (Å²) in [6.07, 6.45) is 0. The van der Waals surface area contributed by atoms with Gasteiger partial charge in [0.2, 0.25) is 5.89 Å². The number of nitrogens with zero attached hydrogens (tertiary/aromatic N) is 2. The molecule has 94 valence electrons. The maximum absolute atomic E-state index is 5.88. The summed E-state index contributed by atoms with van der Waals surface area (Å²) >= 11 is 1.36. The molecule has 3 aromatic rings. The Morgan fingerprint density at radius 1 is 0.895 bits per heavy atom. The van der Waals surface area contributed by atoms with E-state index in [9.17, 15) is 0 Å². The van der Waals surface area contributed by atoms with E-state index in [-0.39, 0.29) is 0 Å². The van der Waals surface area contributed by atoms with Crippen LogP contribution in [0.4, 0.5) is 5.69 Å². The molecule has 0 saturated carbocycles. The second kappa shape index (κ2) is 5.16. The second-order valence-corrected chi connectivity index (χ2v) is 4.87. The van der Waals surface area contributed by atoms with E-state index in [1.807, 2.05) is 54.6 Å². The maximum atomic E-state index is 5.88. The highest BCUT2D eigenvalue weighted by atomic mass is 32.2. The topological polar surface area (TPSA) is 64.9 Å². The van der Waals surface area contributed by atoms with E-state index in [1.54, 1.807) is 0 Å². The van der Waals surface area contributed by atoms with Crippen LogP contribution in [-0.2, 0) is 0 Å². The molecule has 0 aliphatic carbocycles. The third-order valence-corrected chi connectivity index (χ3v) is 3.47. The van der Waals surface area contributed by atoms with Crippen molar-refractivity contribution in [2.24, 2.45) is 0 Å². The lowest BCUT2D eigenvalue weighted by Gasteiger charge is -2.00. The molecule has 5 heteroatoms. The number of rotatable bonds is 3. The van der Waals surface area contributed by atoms with Crippen molar-refractivity contribution in [2.45, 2.75) is 10.1 Å². The predicted octanol–water partition coefficient (Wildman–Crippen LogP) is 3.47. The van der Waals surface area contributed by atoms with E-state index in [4.69, 9.17) is 10.2 Å². The lowest BCUT2D eigenvalue weighted by molar-refractivity contribution is 0.466. The highest BCUT2D eigenvalue weighted by Crippen LogP contribution is 2.32. The zero-order valence-corrected chi connectivity index (χ0v) is 10.8. The van der Waals surface area contributed by atoms with Gasteiger partial charge in [0.05, 0.1) is 0 Å². The Kier molecular flexibility index (Phi) is 3.20. The molecule has 4 nitrogen and oxygen atoms in total. The van der Waals surface area contributed by atoms with Crippen molar-refractivity contribution in [3.8, 4) is 11.5 Å². The minimum absolute atomic E-state index is 0.483. The summed E-state index contributed by atoms with van der Waals surface area (Å²) in [5, 5.41) is 8.54. The van der Waals surface area contributed by atoms with Crippen LogP contribution in [0.1, 0.15) is 0 Å². The highest BCUT2D eigenvalue weighted by molar-refractivity contribution is 7.99. The Balaban J connectivity index is 1.85. The number of aromatic nitrogens is 2. The standard InChI is InChI=1S/C14H11N3OS/c15-11-8-4-5-9-12(11)19-14-17-16-13(18-14)10-6-2-1-3-7-10/h1-9H,15H2. The number of hydrogen-bond acceptors (Lipinski definition) is 5. The van der Waals surface area contributed by atoms with Crippen molar-refractivity contribution >= 4 is 17.4 Å². The molecule has 19 heavy (non-hydrogen) atoms. The number of benzene rings is 2. The average molecular weight is 269 g/mol. The lowest BCUT2D eigenvalue weighted by atomic mass is 10.2. The maximum Gasteiger partial charge on any atom is 0.281 e. The summed E-state index contributed by atoms with van der Waals surface area (Å²) in [6.45, 7) is 0. The fraction of sp³-hybridized carbons (Fsp3) is 0. The van der Waals surface area contributed by atoms with Crippen molar-refractivity contribution in [1.29, 1.82) is 0 Å². The van der Waals surface area contributed by atoms with E-state index in [0.717, 1.165) is 10.5 Å². The second-order valence-electron chi connectivity index (χ2n) is 3.88. The number of hydrogen-bond donors (Lipinski definition) is 1. The summed E-state index contributed by atoms with van der Waals surface area (Å²) in [5.41, 5.74) is 7.48. The molecular weight excluding hydrogens is 258 g/mol. The lowest BCUT2D eigenvalue weighted by Crippen LogP contribution is -1.86. The van der Waals surface area contributed by atoms with Gasteiger partial charge in [-0.25, -0.2) is 0 Å². The van der Waals surface area contributed by atoms with Gasteiger partial charge in [-0.15, -0.1) is 10.2 Å². The third-order valence-electron chi connectivity index (χ3n) is 2.54. The molecule has 3 rings (SSSR count). The Morgan fingerprint density at radius 3 is 2.42 bits per heavy atom. The number of para-hydroxylation sites is 1. The summed E-state index contributed by atoms with van der Waals surface area (Å²) in [7, 11) is 0. The Bertz CT molecular complexity index is 682. The van der Waals surface area contributed by atoms with Gasteiger partial charge >= 0.3 is 0 Å². The number of anilines is 1. The van der Waals surface area contributed by atoms with E-state index in [1.165, 1.54) is 11.8 Å². The molecule has 0 bridgehead atoms. The van der Waals surface area contributed by atoms with Crippen molar-refractivity contribution < 1.29 is 4.42 Å². The monoisotopic (exact) mass is 269 g/mol. The molecule has 0 spiro atoms. The van der Waals surface area contributed by atoms with E-state index >= 15 is 0 Å². The van der Waals surface area contributed by atoms with Gasteiger partial charge in [-0.05, 0) is 36.0 Å². The van der Waals surface area contributed by atoms with Gasteiger partial charge in [-0.1, -0.05) is 30.3 Å². The summed E-state index contributed by atoms with van der Waals surface area (Å²) in [6, 6.07) is 17.2. The van der Waals surface area contributed by atoms with Crippen molar-refractivity contribution in [1.82, 2.24) is 10.2 Å². The van der Waals surface area contributed by atoms with Crippen LogP contribution >= 0.6 is 11.8 Å². The van der Waals surface area contributed by atoms with Gasteiger partial charge in [-0.2, -0.15) is 0 Å². The van der Waals surface area contributed by atoms with Gasteiger partial charge in [-0.3, -0.25) is 0 Å². The molecule has 0 fully saturated rings.